The highest BCUT2D eigenvalue weighted by atomic mass is 15.2. The first-order valence-corrected chi connectivity index (χ1v) is 6.11. The standard InChI is InChI=1S/C13H18N4/c1-17(10-12-6-2-3-7-15-12)13-11(9-14)5-4-8-16-13/h4-5,8,12,15H,2-3,6-7,10H2,1H3. The lowest BCUT2D eigenvalue weighted by Gasteiger charge is -2.29. The van der Waals surface area contributed by atoms with Crippen molar-refractivity contribution in [3.8, 4) is 6.07 Å². The van der Waals surface area contributed by atoms with Gasteiger partial charge in [0, 0.05) is 25.8 Å². The van der Waals surface area contributed by atoms with Crippen LogP contribution in [0.3, 0.4) is 0 Å². The van der Waals surface area contributed by atoms with Gasteiger partial charge < -0.3 is 10.2 Å². The van der Waals surface area contributed by atoms with E-state index in [4.69, 9.17) is 5.26 Å². The predicted molar refractivity (Wildman–Crippen MR) is 67.9 cm³/mol. The summed E-state index contributed by atoms with van der Waals surface area (Å²) < 4.78 is 0. The van der Waals surface area contributed by atoms with E-state index in [-0.39, 0.29) is 0 Å². The third kappa shape index (κ3) is 2.95. The molecule has 0 amide bonds. The molecule has 0 saturated carbocycles. The zero-order valence-electron chi connectivity index (χ0n) is 10.2. The maximum Gasteiger partial charge on any atom is 0.146 e. The molecule has 0 radical (unpaired) electrons. The maximum absolute atomic E-state index is 9.04. The molecule has 1 aromatic rings. The molecule has 0 aliphatic carbocycles. The molecular formula is C13H18N4. The largest absolute Gasteiger partial charge is 0.357 e. The summed E-state index contributed by atoms with van der Waals surface area (Å²) in [6.45, 7) is 2.01. The third-order valence-corrected chi connectivity index (χ3v) is 3.18. The van der Waals surface area contributed by atoms with Crippen molar-refractivity contribution in [2.45, 2.75) is 25.3 Å². The first-order valence-electron chi connectivity index (χ1n) is 6.11. The van der Waals surface area contributed by atoms with Crippen LogP contribution in [0.2, 0.25) is 0 Å². The zero-order chi connectivity index (χ0) is 12.1. The highest BCUT2D eigenvalue weighted by Gasteiger charge is 2.16. The molecule has 1 aliphatic rings. The van der Waals surface area contributed by atoms with Crippen molar-refractivity contribution in [1.29, 1.82) is 5.26 Å². The van der Waals surface area contributed by atoms with Crippen LogP contribution in [0.1, 0.15) is 24.8 Å². The molecule has 2 rings (SSSR count). The predicted octanol–water partition coefficient (Wildman–Crippen LogP) is 1.53. The molecule has 90 valence electrons. The summed E-state index contributed by atoms with van der Waals surface area (Å²) >= 11 is 0. The number of nitrogens with one attached hydrogen (secondary N) is 1. The third-order valence-electron chi connectivity index (χ3n) is 3.18. The molecular weight excluding hydrogens is 212 g/mol. The first kappa shape index (κ1) is 11.9. The second kappa shape index (κ2) is 5.65. The summed E-state index contributed by atoms with van der Waals surface area (Å²) in [6.07, 6.45) is 5.51. The Kier molecular flexibility index (Phi) is 3.94. The summed E-state index contributed by atoms with van der Waals surface area (Å²) in [4.78, 5) is 6.36. The van der Waals surface area contributed by atoms with Gasteiger partial charge in [0.25, 0.3) is 0 Å². The lowest BCUT2D eigenvalue weighted by atomic mass is 10.0. The van der Waals surface area contributed by atoms with Gasteiger partial charge in [-0.25, -0.2) is 4.98 Å². The van der Waals surface area contributed by atoms with Crippen LogP contribution in [-0.2, 0) is 0 Å². The second-order valence-corrected chi connectivity index (χ2v) is 4.51. The fourth-order valence-corrected chi connectivity index (χ4v) is 2.29. The molecule has 2 heterocycles. The van der Waals surface area contributed by atoms with Crippen molar-refractivity contribution in [2.75, 3.05) is 25.0 Å². The Hall–Kier alpha value is -1.60. The van der Waals surface area contributed by atoms with Gasteiger partial charge in [0.1, 0.15) is 11.9 Å². The highest BCUT2D eigenvalue weighted by Crippen LogP contribution is 2.16. The molecule has 1 atom stereocenters. The first-order chi connectivity index (χ1) is 8.31. The Balaban J connectivity index is 2.03. The average Bonchev–Trinajstić information content (AvgIpc) is 2.40. The molecule has 1 saturated heterocycles. The van der Waals surface area contributed by atoms with E-state index < -0.39 is 0 Å². The highest BCUT2D eigenvalue weighted by molar-refractivity contribution is 5.52. The van der Waals surface area contributed by atoms with Gasteiger partial charge in [0.05, 0.1) is 5.56 Å². The number of nitrogens with zero attached hydrogens (tertiary/aromatic N) is 3. The van der Waals surface area contributed by atoms with E-state index in [0.29, 0.717) is 11.6 Å². The number of nitriles is 1. The van der Waals surface area contributed by atoms with Gasteiger partial charge in [-0.15, -0.1) is 0 Å². The average molecular weight is 230 g/mol. The Morgan fingerprint density at radius 2 is 2.47 bits per heavy atom. The maximum atomic E-state index is 9.04. The summed E-state index contributed by atoms with van der Waals surface area (Å²) in [5.74, 6) is 0.780. The second-order valence-electron chi connectivity index (χ2n) is 4.51. The Bertz CT molecular complexity index is 404. The van der Waals surface area contributed by atoms with Crippen LogP contribution in [0, 0.1) is 11.3 Å². The number of hydrogen-bond donors (Lipinski definition) is 1. The number of piperidine rings is 1. The smallest absolute Gasteiger partial charge is 0.146 e. The van der Waals surface area contributed by atoms with Crippen LogP contribution in [0.4, 0.5) is 5.82 Å². The van der Waals surface area contributed by atoms with Crippen molar-refractivity contribution >= 4 is 5.82 Å². The molecule has 1 aliphatic heterocycles. The van der Waals surface area contributed by atoms with Crippen molar-refractivity contribution in [3.05, 3.63) is 23.9 Å². The minimum Gasteiger partial charge on any atom is -0.357 e. The van der Waals surface area contributed by atoms with E-state index in [1.807, 2.05) is 13.1 Å². The summed E-state index contributed by atoms with van der Waals surface area (Å²) in [5.41, 5.74) is 0.644. The minimum absolute atomic E-state index is 0.516. The van der Waals surface area contributed by atoms with Crippen LogP contribution in [-0.4, -0.2) is 31.2 Å². The molecule has 0 bridgehead atoms. The number of hydrogen-bond acceptors (Lipinski definition) is 4. The number of pyridine rings is 1. The van der Waals surface area contributed by atoms with Crippen molar-refractivity contribution in [3.63, 3.8) is 0 Å². The van der Waals surface area contributed by atoms with Gasteiger partial charge in [0.15, 0.2) is 0 Å². The fraction of sp³-hybridized carbons (Fsp3) is 0.538. The van der Waals surface area contributed by atoms with E-state index in [9.17, 15) is 0 Å². The van der Waals surface area contributed by atoms with Crippen LogP contribution < -0.4 is 10.2 Å². The fourth-order valence-electron chi connectivity index (χ4n) is 2.29. The van der Waals surface area contributed by atoms with Gasteiger partial charge in [-0.05, 0) is 31.5 Å². The van der Waals surface area contributed by atoms with Crippen LogP contribution in [0.5, 0.6) is 0 Å². The van der Waals surface area contributed by atoms with Gasteiger partial charge in [-0.2, -0.15) is 5.26 Å². The number of rotatable bonds is 3. The van der Waals surface area contributed by atoms with E-state index in [2.05, 4.69) is 21.3 Å². The lowest BCUT2D eigenvalue weighted by molar-refractivity contribution is 0.403. The van der Waals surface area contributed by atoms with Gasteiger partial charge >= 0.3 is 0 Å². The summed E-state index contributed by atoms with van der Waals surface area (Å²) in [6, 6.07) is 6.32. The SMILES string of the molecule is CN(CC1CCCCN1)c1ncccc1C#N. The molecule has 4 heteroatoms. The quantitative estimate of drug-likeness (QED) is 0.855. The van der Waals surface area contributed by atoms with E-state index in [1.165, 1.54) is 19.3 Å². The van der Waals surface area contributed by atoms with E-state index >= 15 is 0 Å². The molecule has 0 aromatic carbocycles. The normalized spacial score (nSPS) is 19.6. The van der Waals surface area contributed by atoms with Crippen molar-refractivity contribution < 1.29 is 0 Å². The summed E-state index contributed by atoms with van der Waals surface area (Å²) in [7, 11) is 2.00. The Morgan fingerprint density at radius 3 is 3.18 bits per heavy atom. The minimum atomic E-state index is 0.516. The van der Waals surface area contributed by atoms with E-state index in [0.717, 1.165) is 18.9 Å². The molecule has 17 heavy (non-hydrogen) atoms. The number of likely N-dealkylation sites (N-methyl/N-ethyl adjacent to an activating group) is 1. The van der Waals surface area contributed by atoms with Crippen molar-refractivity contribution in [2.24, 2.45) is 0 Å². The van der Waals surface area contributed by atoms with Crippen LogP contribution >= 0.6 is 0 Å². The molecule has 1 aromatic heterocycles. The Morgan fingerprint density at radius 1 is 1.59 bits per heavy atom. The van der Waals surface area contributed by atoms with Gasteiger partial charge in [-0.3, -0.25) is 0 Å². The Labute approximate surface area is 102 Å². The molecule has 1 unspecified atom stereocenters. The number of aromatic nitrogens is 1. The molecule has 1 N–H and O–H groups in total. The van der Waals surface area contributed by atoms with Gasteiger partial charge in [-0.1, -0.05) is 6.42 Å². The van der Waals surface area contributed by atoms with Crippen molar-refractivity contribution in [1.82, 2.24) is 10.3 Å². The summed E-state index contributed by atoms with van der Waals surface area (Å²) in [5, 5.41) is 12.5. The van der Waals surface area contributed by atoms with E-state index in [1.54, 1.807) is 12.3 Å². The number of anilines is 1. The van der Waals surface area contributed by atoms with Crippen LogP contribution in [0.15, 0.2) is 18.3 Å². The molecule has 0 spiro atoms. The van der Waals surface area contributed by atoms with Gasteiger partial charge in [0.2, 0.25) is 0 Å². The van der Waals surface area contributed by atoms with Crippen LogP contribution in [0.25, 0.3) is 0 Å². The lowest BCUT2D eigenvalue weighted by Crippen LogP contribution is -2.42. The molecule has 1 fully saturated rings. The molecule has 4 nitrogen and oxygen atoms in total. The monoisotopic (exact) mass is 230 g/mol. The topological polar surface area (TPSA) is 52.0 Å². The zero-order valence-corrected chi connectivity index (χ0v) is 10.2.